The van der Waals surface area contributed by atoms with Gasteiger partial charge in [-0.05, 0) is 43.0 Å². The van der Waals surface area contributed by atoms with Crippen molar-refractivity contribution in [2.75, 3.05) is 11.9 Å². The largest absolute Gasteiger partial charge is 0.322 e. The maximum absolute atomic E-state index is 12.6. The van der Waals surface area contributed by atoms with Gasteiger partial charge < -0.3 is 10.2 Å². The minimum Gasteiger partial charge on any atom is -0.317 e. The molecule has 1 fully saturated rings. The number of aryl methyl sites for hydroxylation is 1. The molecule has 114 valence electrons. The highest BCUT2D eigenvalue weighted by molar-refractivity contribution is 6.31. The van der Waals surface area contributed by atoms with Crippen LogP contribution < -0.4 is 5.32 Å². The van der Waals surface area contributed by atoms with Crippen LogP contribution in [-0.2, 0) is 0 Å². The minimum atomic E-state index is -0.0586. The summed E-state index contributed by atoms with van der Waals surface area (Å²) in [7, 11) is 0. The minimum absolute atomic E-state index is 0.0534. The van der Waals surface area contributed by atoms with Crippen molar-refractivity contribution in [2.45, 2.75) is 25.8 Å². The summed E-state index contributed by atoms with van der Waals surface area (Å²) in [5.74, 6) is 0. The first-order chi connectivity index (χ1) is 10.7. The van der Waals surface area contributed by atoms with Crippen molar-refractivity contribution in [3.63, 3.8) is 0 Å². The van der Waals surface area contributed by atoms with E-state index in [0.29, 0.717) is 0 Å². The van der Waals surface area contributed by atoms with Gasteiger partial charge in [-0.2, -0.15) is 0 Å². The van der Waals surface area contributed by atoms with Crippen LogP contribution >= 0.6 is 11.6 Å². The number of halogens is 1. The zero-order valence-corrected chi connectivity index (χ0v) is 13.3. The highest BCUT2D eigenvalue weighted by Crippen LogP contribution is 2.36. The molecule has 22 heavy (non-hydrogen) atoms. The first kappa shape index (κ1) is 14.9. The Labute approximate surface area is 135 Å². The number of para-hydroxylation sites is 1. The number of nitrogens with zero attached hydrogens (tertiary/aromatic N) is 1. The number of carbonyl (C=O) groups excluding carboxylic acids is 1. The van der Waals surface area contributed by atoms with E-state index < -0.39 is 0 Å². The first-order valence-electron chi connectivity index (χ1n) is 7.54. The highest BCUT2D eigenvalue weighted by Gasteiger charge is 2.31. The molecule has 3 rings (SSSR count). The highest BCUT2D eigenvalue weighted by atomic mass is 35.5. The van der Waals surface area contributed by atoms with Gasteiger partial charge in [0.2, 0.25) is 0 Å². The van der Waals surface area contributed by atoms with E-state index in [2.05, 4.69) is 5.32 Å². The molecular weight excluding hydrogens is 296 g/mol. The number of likely N-dealkylation sites (tertiary alicyclic amines) is 1. The second-order valence-electron chi connectivity index (χ2n) is 5.62. The zero-order chi connectivity index (χ0) is 15.5. The van der Waals surface area contributed by atoms with Crippen molar-refractivity contribution in [1.29, 1.82) is 0 Å². The van der Waals surface area contributed by atoms with Gasteiger partial charge in [0.1, 0.15) is 0 Å². The molecule has 2 amide bonds. The number of carbonyl (C=O) groups is 1. The van der Waals surface area contributed by atoms with Crippen LogP contribution in [0, 0.1) is 6.92 Å². The summed E-state index contributed by atoms with van der Waals surface area (Å²) in [6.07, 6.45) is 1.95. The summed E-state index contributed by atoms with van der Waals surface area (Å²) in [6.45, 7) is 2.75. The standard InChI is InChI=1S/C18H19ClN2O/c1-13-7-2-5-10-16(13)20-18(22)21-12-6-11-17(21)14-8-3-4-9-15(14)19/h2-5,7-10,17H,6,11-12H2,1H3,(H,20,22). The van der Waals surface area contributed by atoms with Gasteiger partial charge in [-0.1, -0.05) is 48.0 Å². The lowest BCUT2D eigenvalue weighted by atomic mass is 10.0. The maximum Gasteiger partial charge on any atom is 0.322 e. The fraction of sp³-hybridized carbons (Fsp3) is 0.278. The number of urea groups is 1. The van der Waals surface area contributed by atoms with Gasteiger partial charge in [0.25, 0.3) is 0 Å². The Morgan fingerprint density at radius 1 is 1.18 bits per heavy atom. The van der Waals surface area contributed by atoms with Crippen LogP contribution in [0.2, 0.25) is 5.02 Å². The molecule has 4 heteroatoms. The maximum atomic E-state index is 12.6. The van der Waals surface area contributed by atoms with Crippen LogP contribution in [0.3, 0.4) is 0 Å². The molecule has 1 N–H and O–H groups in total. The van der Waals surface area contributed by atoms with Gasteiger partial charge in [-0.25, -0.2) is 4.79 Å². The second-order valence-corrected chi connectivity index (χ2v) is 6.03. The van der Waals surface area contributed by atoms with E-state index in [1.165, 1.54) is 0 Å². The van der Waals surface area contributed by atoms with Crippen LogP contribution in [0.5, 0.6) is 0 Å². The summed E-state index contributed by atoms with van der Waals surface area (Å²) >= 11 is 6.30. The third-order valence-electron chi connectivity index (χ3n) is 4.16. The Bertz CT molecular complexity index is 686. The number of benzene rings is 2. The average molecular weight is 315 g/mol. The van der Waals surface area contributed by atoms with Crippen molar-refractivity contribution in [1.82, 2.24) is 4.90 Å². The Morgan fingerprint density at radius 3 is 2.68 bits per heavy atom. The molecule has 0 saturated carbocycles. The van der Waals surface area contributed by atoms with Gasteiger partial charge in [0, 0.05) is 17.3 Å². The van der Waals surface area contributed by atoms with Crippen LogP contribution in [0.1, 0.15) is 30.0 Å². The molecule has 2 aromatic rings. The van der Waals surface area contributed by atoms with Crippen molar-refractivity contribution in [3.05, 3.63) is 64.7 Å². The lowest BCUT2D eigenvalue weighted by Crippen LogP contribution is -2.34. The predicted molar refractivity (Wildman–Crippen MR) is 90.3 cm³/mol. The van der Waals surface area contributed by atoms with Crippen molar-refractivity contribution in [2.24, 2.45) is 0 Å². The Hall–Kier alpha value is -2.00. The molecule has 0 aliphatic carbocycles. The van der Waals surface area contributed by atoms with Crippen molar-refractivity contribution >= 4 is 23.3 Å². The van der Waals surface area contributed by atoms with E-state index in [0.717, 1.165) is 41.2 Å². The topological polar surface area (TPSA) is 32.3 Å². The molecule has 0 bridgehead atoms. The lowest BCUT2D eigenvalue weighted by Gasteiger charge is -2.26. The fourth-order valence-electron chi connectivity index (χ4n) is 2.98. The number of rotatable bonds is 2. The number of nitrogens with one attached hydrogen (secondary N) is 1. The summed E-state index contributed by atoms with van der Waals surface area (Å²) < 4.78 is 0. The average Bonchev–Trinajstić information content (AvgIpc) is 2.99. The van der Waals surface area contributed by atoms with E-state index in [-0.39, 0.29) is 12.1 Å². The lowest BCUT2D eigenvalue weighted by molar-refractivity contribution is 0.207. The van der Waals surface area contributed by atoms with Crippen LogP contribution in [-0.4, -0.2) is 17.5 Å². The molecule has 1 saturated heterocycles. The smallest absolute Gasteiger partial charge is 0.317 e. The van der Waals surface area contributed by atoms with Crippen LogP contribution in [0.15, 0.2) is 48.5 Å². The van der Waals surface area contributed by atoms with Gasteiger partial charge in [0.05, 0.1) is 6.04 Å². The van der Waals surface area contributed by atoms with Gasteiger partial charge in [-0.15, -0.1) is 0 Å². The summed E-state index contributed by atoms with van der Waals surface area (Å²) in [5.41, 5.74) is 2.95. The zero-order valence-electron chi connectivity index (χ0n) is 12.6. The normalized spacial score (nSPS) is 17.5. The predicted octanol–water partition coefficient (Wildman–Crippen LogP) is 5.02. The molecule has 1 aliphatic rings. The quantitative estimate of drug-likeness (QED) is 0.829. The first-order valence-corrected chi connectivity index (χ1v) is 7.92. The molecular formula is C18H19ClN2O. The third kappa shape index (κ3) is 2.95. The molecule has 2 aromatic carbocycles. The monoisotopic (exact) mass is 314 g/mol. The molecule has 0 aromatic heterocycles. The summed E-state index contributed by atoms with van der Waals surface area (Å²) in [4.78, 5) is 14.5. The van der Waals surface area contributed by atoms with Crippen molar-refractivity contribution in [3.8, 4) is 0 Å². The molecule has 0 radical (unpaired) electrons. The fourth-order valence-corrected chi connectivity index (χ4v) is 3.24. The number of amides is 2. The molecule has 1 aliphatic heterocycles. The summed E-state index contributed by atoms with van der Waals surface area (Å²) in [6, 6.07) is 15.6. The Kier molecular flexibility index (Phi) is 4.34. The van der Waals surface area contributed by atoms with Crippen molar-refractivity contribution < 1.29 is 4.79 Å². The molecule has 0 spiro atoms. The molecule has 3 nitrogen and oxygen atoms in total. The Morgan fingerprint density at radius 2 is 1.91 bits per heavy atom. The van der Waals surface area contributed by atoms with Gasteiger partial charge >= 0.3 is 6.03 Å². The SMILES string of the molecule is Cc1ccccc1NC(=O)N1CCCC1c1ccccc1Cl. The molecule has 1 atom stereocenters. The van der Waals surface area contributed by atoms with Gasteiger partial charge in [0.15, 0.2) is 0 Å². The second kappa shape index (κ2) is 6.41. The third-order valence-corrected chi connectivity index (χ3v) is 4.51. The van der Waals surface area contributed by atoms with Crippen LogP contribution in [0.25, 0.3) is 0 Å². The van der Waals surface area contributed by atoms with Crippen LogP contribution in [0.4, 0.5) is 10.5 Å². The molecule has 1 unspecified atom stereocenters. The Balaban J connectivity index is 1.80. The van der Waals surface area contributed by atoms with E-state index in [1.807, 2.05) is 60.4 Å². The number of hydrogen-bond donors (Lipinski definition) is 1. The van der Waals surface area contributed by atoms with E-state index in [9.17, 15) is 4.79 Å². The number of hydrogen-bond acceptors (Lipinski definition) is 1. The van der Waals surface area contributed by atoms with E-state index in [1.54, 1.807) is 0 Å². The number of anilines is 1. The van der Waals surface area contributed by atoms with Gasteiger partial charge in [-0.3, -0.25) is 0 Å². The van der Waals surface area contributed by atoms with E-state index in [4.69, 9.17) is 11.6 Å². The van der Waals surface area contributed by atoms with E-state index >= 15 is 0 Å². The molecule has 1 heterocycles. The summed E-state index contributed by atoms with van der Waals surface area (Å²) in [5, 5.41) is 3.74.